The zero-order chi connectivity index (χ0) is 16.1. The zero-order valence-corrected chi connectivity index (χ0v) is 13.1. The molecule has 2 amide bonds. The van der Waals surface area contributed by atoms with Gasteiger partial charge in [0.05, 0.1) is 11.3 Å². The minimum atomic E-state index is -0.595. The molecule has 0 aliphatic carbocycles. The van der Waals surface area contributed by atoms with Gasteiger partial charge in [-0.15, -0.1) is 11.3 Å². The predicted octanol–water partition coefficient (Wildman–Crippen LogP) is 2.69. The van der Waals surface area contributed by atoms with E-state index >= 15 is 0 Å². The monoisotopic (exact) mass is 321 g/mol. The van der Waals surface area contributed by atoms with Crippen LogP contribution < -0.4 is 5.32 Å². The smallest absolute Gasteiger partial charge is 0.257 e. The van der Waals surface area contributed by atoms with E-state index in [0.717, 1.165) is 5.69 Å². The molecular formula is C15H16FN3O2S. The lowest BCUT2D eigenvalue weighted by Crippen LogP contribution is -2.38. The van der Waals surface area contributed by atoms with Crippen molar-refractivity contribution in [2.75, 3.05) is 18.4 Å². The summed E-state index contributed by atoms with van der Waals surface area (Å²) >= 11 is 1.31. The molecule has 1 aromatic carbocycles. The first-order valence-electron chi connectivity index (χ1n) is 6.77. The lowest BCUT2D eigenvalue weighted by Gasteiger charge is -2.20. The molecule has 0 saturated heterocycles. The highest BCUT2D eigenvalue weighted by molar-refractivity contribution is 7.13. The Morgan fingerprint density at radius 1 is 1.36 bits per heavy atom. The van der Waals surface area contributed by atoms with E-state index in [2.05, 4.69) is 10.3 Å². The second kappa shape index (κ2) is 7.13. The van der Waals surface area contributed by atoms with Gasteiger partial charge in [-0.25, -0.2) is 9.37 Å². The third-order valence-corrected chi connectivity index (χ3v) is 3.85. The lowest BCUT2D eigenvalue weighted by atomic mass is 10.2. The minimum Gasteiger partial charge on any atom is -0.330 e. The van der Waals surface area contributed by atoms with Gasteiger partial charge in [-0.05, 0) is 26.0 Å². The van der Waals surface area contributed by atoms with Crippen molar-refractivity contribution in [3.8, 4) is 0 Å². The fraction of sp³-hybridized carbons (Fsp3) is 0.267. The highest BCUT2D eigenvalue weighted by Crippen LogP contribution is 2.15. The molecule has 2 rings (SSSR count). The molecule has 0 atom stereocenters. The Bertz CT molecular complexity index is 687. The second-order valence-electron chi connectivity index (χ2n) is 4.64. The molecule has 5 nitrogen and oxygen atoms in total. The fourth-order valence-electron chi connectivity index (χ4n) is 1.88. The number of halogens is 1. The van der Waals surface area contributed by atoms with E-state index in [1.807, 2.05) is 12.3 Å². The van der Waals surface area contributed by atoms with Crippen LogP contribution in [0.25, 0.3) is 0 Å². The first-order valence-corrected chi connectivity index (χ1v) is 7.65. The maximum atomic E-state index is 13.7. The van der Waals surface area contributed by atoms with Gasteiger partial charge in [-0.2, -0.15) is 0 Å². The quantitative estimate of drug-likeness (QED) is 0.921. The van der Waals surface area contributed by atoms with E-state index in [9.17, 15) is 14.0 Å². The van der Waals surface area contributed by atoms with Gasteiger partial charge < -0.3 is 10.2 Å². The molecule has 22 heavy (non-hydrogen) atoms. The van der Waals surface area contributed by atoms with E-state index in [1.165, 1.54) is 34.4 Å². The Labute approximate surface area is 131 Å². The molecule has 0 radical (unpaired) electrons. The highest BCUT2D eigenvalue weighted by atomic mass is 32.1. The molecule has 2 aromatic rings. The summed E-state index contributed by atoms with van der Waals surface area (Å²) in [6, 6.07) is 5.73. The number of nitrogens with zero attached hydrogens (tertiary/aromatic N) is 2. The van der Waals surface area contributed by atoms with Crippen LogP contribution in [0.4, 0.5) is 9.52 Å². The van der Waals surface area contributed by atoms with Crippen molar-refractivity contribution in [1.29, 1.82) is 0 Å². The van der Waals surface area contributed by atoms with Crippen molar-refractivity contribution >= 4 is 28.3 Å². The van der Waals surface area contributed by atoms with Crippen LogP contribution in [0.3, 0.4) is 0 Å². The zero-order valence-electron chi connectivity index (χ0n) is 12.3. The molecule has 0 unspecified atom stereocenters. The Kier molecular flexibility index (Phi) is 5.21. The highest BCUT2D eigenvalue weighted by Gasteiger charge is 2.20. The first kappa shape index (κ1) is 16.1. The third kappa shape index (κ3) is 3.88. The molecule has 0 aliphatic heterocycles. The Hall–Kier alpha value is -2.28. The van der Waals surface area contributed by atoms with Crippen LogP contribution in [0, 0.1) is 12.7 Å². The summed E-state index contributed by atoms with van der Waals surface area (Å²) in [5, 5.41) is 4.93. The summed E-state index contributed by atoms with van der Waals surface area (Å²) in [5.74, 6) is -1.46. The molecule has 0 bridgehead atoms. The summed E-state index contributed by atoms with van der Waals surface area (Å²) in [7, 11) is 0. The van der Waals surface area contributed by atoms with Gasteiger partial charge in [-0.3, -0.25) is 9.59 Å². The van der Waals surface area contributed by atoms with E-state index in [1.54, 1.807) is 13.0 Å². The van der Waals surface area contributed by atoms with Gasteiger partial charge in [0.2, 0.25) is 5.91 Å². The molecule has 0 aliphatic rings. The SMILES string of the molecule is CCN(CC(=O)Nc1nc(C)cs1)C(=O)c1ccccc1F. The number of benzene rings is 1. The van der Waals surface area contributed by atoms with Crippen molar-refractivity contribution in [1.82, 2.24) is 9.88 Å². The van der Waals surface area contributed by atoms with Crippen LogP contribution >= 0.6 is 11.3 Å². The van der Waals surface area contributed by atoms with Crippen molar-refractivity contribution < 1.29 is 14.0 Å². The van der Waals surface area contributed by atoms with Crippen LogP contribution in [0.15, 0.2) is 29.6 Å². The average molecular weight is 321 g/mol. The van der Waals surface area contributed by atoms with Crippen molar-refractivity contribution in [3.05, 3.63) is 46.7 Å². The van der Waals surface area contributed by atoms with Gasteiger partial charge in [-0.1, -0.05) is 12.1 Å². The topological polar surface area (TPSA) is 62.3 Å². The van der Waals surface area contributed by atoms with Crippen LogP contribution in [0.2, 0.25) is 0 Å². The average Bonchev–Trinajstić information content (AvgIpc) is 2.89. The van der Waals surface area contributed by atoms with Crippen LogP contribution in [0.1, 0.15) is 23.0 Å². The Balaban J connectivity index is 2.04. The molecule has 1 heterocycles. The number of carbonyl (C=O) groups is 2. The molecule has 0 spiro atoms. The molecule has 0 saturated carbocycles. The first-order chi connectivity index (χ1) is 10.5. The number of aromatic nitrogens is 1. The number of nitrogens with one attached hydrogen (secondary N) is 1. The van der Waals surface area contributed by atoms with Crippen molar-refractivity contribution in [2.45, 2.75) is 13.8 Å². The number of carbonyl (C=O) groups excluding carboxylic acids is 2. The fourth-order valence-corrected chi connectivity index (χ4v) is 2.58. The van der Waals surface area contributed by atoms with Gasteiger partial charge in [0.1, 0.15) is 12.4 Å². The molecule has 116 valence electrons. The van der Waals surface area contributed by atoms with Crippen molar-refractivity contribution in [2.24, 2.45) is 0 Å². The largest absolute Gasteiger partial charge is 0.330 e. The Morgan fingerprint density at radius 3 is 2.68 bits per heavy atom. The van der Waals surface area contributed by atoms with Crippen LogP contribution in [-0.2, 0) is 4.79 Å². The number of thiazole rings is 1. The number of hydrogen-bond donors (Lipinski definition) is 1. The molecule has 1 N–H and O–H groups in total. The molecule has 7 heteroatoms. The molecular weight excluding hydrogens is 305 g/mol. The van der Waals surface area contributed by atoms with Gasteiger partial charge in [0.25, 0.3) is 5.91 Å². The van der Waals surface area contributed by atoms with E-state index in [0.29, 0.717) is 11.7 Å². The molecule has 1 aromatic heterocycles. The number of anilines is 1. The second-order valence-corrected chi connectivity index (χ2v) is 5.50. The normalized spacial score (nSPS) is 10.3. The van der Waals surface area contributed by atoms with Crippen LogP contribution in [-0.4, -0.2) is 34.8 Å². The predicted molar refractivity (Wildman–Crippen MR) is 83.5 cm³/mol. The number of hydrogen-bond acceptors (Lipinski definition) is 4. The van der Waals surface area contributed by atoms with Crippen LogP contribution in [0.5, 0.6) is 0 Å². The Morgan fingerprint density at radius 2 is 2.09 bits per heavy atom. The minimum absolute atomic E-state index is 0.0396. The van der Waals surface area contributed by atoms with E-state index in [4.69, 9.17) is 0 Å². The van der Waals surface area contributed by atoms with Crippen molar-refractivity contribution in [3.63, 3.8) is 0 Å². The standard InChI is InChI=1S/C15H16FN3O2S/c1-3-19(14(21)11-6-4-5-7-12(11)16)8-13(20)18-15-17-10(2)9-22-15/h4-7,9H,3,8H2,1-2H3,(H,17,18,20). The number of amides is 2. The molecule has 0 fully saturated rings. The number of aryl methyl sites for hydroxylation is 1. The maximum absolute atomic E-state index is 13.7. The van der Waals surface area contributed by atoms with E-state index < -0.39 is 11.7 Å². The summed E-state index contributed by atoms with van der Waals surface area (Å²) < 4.78 is 13.7. The lowest BCUT2D eigenvalue weighted by molar-refractivity contribution is -0.116. The number of likely N-dealkylation sites (N-methyl/N-ethyl adjacent to an activating group) is 1. The van der Waals surface area contributed by atoms with Gasteiger partial charge >= 0.3 is 0 Å². The maximum Gasteiger partial charge on any atom is 0.257 e. The van der Waals surface area contributed by atoms with Gasteiger partial charge in [0.15, 0.2) is 5.13 Å². The third-order valence-electron chi connectivity index (χ3n) is 2.97. The number of rotatable bonds is 5. The summed E-state index contributed by atoms with van der Waals surface area (Å²) in [4.78, 5) is 29.7. The summed E-state index contributed by atoms with van der Waals surface area (Å²) in [6.45, 7) is 3.71. The summed E-state index contributed by atoms with van der Waals surface area (Å²) in [5.41, 5.74) is 0.775. The summed E-state index contributed by atoms with van der Waals surface area (Å²) in [6.07, 6.45) is 0. The van der Waals surface area contributed by atoms with E-state index in [-0.39, 0.29) is 18.0 Å². The van der Waals surface area contributed by atoms with Gasteiger partial charge in [0, 0.05) is 11.9 Å².